The highest BCUT2D eigenvalue weighted by Gasteiger charge is 2.51. The quantitative estimate of drug-likeness (QED) is 0.0204. The number of carbonyl (C=O) groups excluding carboxylic acids is 1. The minimum Gasteiger partial charge on any atom is -0.394 e. The Bertz CT molecular complexity index is 1400. The molecule has 0 bridgehead atoms. The fourth-order valence-electron chi connectivity index (χ4n) is 10.1. The average molecular weight is 1070 g/mol. The van der Waals surface area contributed by atoms with Crippen molar-refractivity contribution in [1.82, 2.24) is 5.32 Å². The van der Waals surface area contributed by atoms with Gasteiger partial charge in [0.2, 0.25) is 5.91 Å². The molecule has 2 aliphatic rings. The first-order valence-electron chi connectivity index (χ1n) is 30.7. The Hall–Kier alpha value is -1.79. The van der Waals surface area contributed by atoms with Gasteiger partial charge in [-0.15, -0.1) is 0 Å². The molecule has 0 saturated carbocycles. The monoisotopic (exact) mass is 1070 g/mol. The SMILES string of the molecule is CCCCCCCCCCCCCCCCCCCCCC/C=C/CC/C=C/CC/C=C/C(O)C(COC1OC(CO)C(OC2OC(CO)C(O)C(O)C2O)C(O)C1O)NC(=O)CCCCCCCCCCCCC. The lowest BCUT2D eigenvalue weighted by Gasteiger charge is -2.46. The number of unbranched alkanes of at least 4 members (excludes halogenated alkanes) is 32. The summed E-state index contributed by atoms with van der Waals surface area (Å²) in [7, 11) is 0. The van der Waals surface area contributed by atoms with Gasteiger partial charge < -0.3 is 65.1 Å². The molecule has 0 aromatic heterocycles. The standard InChI is InChI=1S/C61H113NO13/c1-3-5-7-9-11-13-15-16-17-18-19-20-21-22-23-24-25-26-27-28-29-30-31-32-33-35-36-38-40-42-44-50(65)49(62-53(66)45-43-41-39-37-34-14-12-10-8-6-4-2)48-72-60-58(71)56(69)59(52(47-64)74-60)75-61-57(70)55(68)54(67)51(46-63)73-61/h30-31,35-36,42,44,49-52,54-61,63-65,67-71H,3-29,32-34,37-41,43,45-48H2,1-2H3,(H,62,66)/b31-30+,36-35+,44-42+. The molecule has 12 atom stereocenters. The van der Waals surface area contributed by atoms with E-state index in [1.807, 2.05) is 6.08 Å². The fraction of sp³-hybridized carbons (Fsp3) is 0.885. The number of hydrogen-bond donors (Lipinski definition) is 9. The second-order valence-electron chi connectivity index (χ2n) is 21.8. The normalized spacial score (nSPS) is 25.3. The van der Waals surface area contributed by atoms with Gasteiger partial charge >= 0.3 is 0 Å². The molecule has 14 nitrogen and oxygen atoms in total. The van der Waals surface area contributed by atoms with Gasteiger partial charge in [0.1, 0.15) is 48.8 Å². The zero-order chi connectivity index (χ0) is 54.6. The van der Waals surface area contributed by atoms with Gasteiger partial charge in [0.15, 0.2) is 12.6 Å². The van der Waals surface area contributed by atoms with Gasteiger partial charge in [0.25, 0.3) is 0 Å². The van der Waals surface area contributed by atoms with E-state index < -0.39 is 86.8 Å². The molecule has 0 aromatic rings. The van der Waals surface area contributed by atoms with Gasteiger partial charge in [0.05, 0.1) is 32.0 Å². The van der Waals surface area contributed by atoms with E-state index in [-0.39, 0.29) is 18.9 Å². The van der Waals surface area contributed by atoms with Crippen LogP contribution >= 0.6 is 0 Å². The third-order valence-corrected chi connectivity index (χ3v) is 15.1. The lowest BCUT2D eigenvalue weighted by molar-refractivity contribution is -0.359. The van der Waals surface area contributed by atoms with Crippen LogP contribution in [0.15, 0.2) is 36.5 Å². The summed E-state index contributed by atoms with van der Waals surface area (Å²) in [6, 6.07) is -0.934. The molecule has 2 rings (SSSR count). The molecule has 440 valence electrons. The Morgan fingerprint density at radius 3 is 1.31 bits per heavy atom. The van der Waals surface area contributed by atoms with Crippen molar-refractivity contribution >= 4 is 5.91 Å². The molecule has 2 fully saturated rings. The van der Waals surface area contributed by atoms with Gasteiger partial charge in [-0.3, -0.25) is 4.79 Å². The number of carbonyl (C=O) groups is 1. The van der Waals surface area contributed by atoms with Crippen LogP contribution in [0.1, 0.15) is 251 Å². The maximum Gasteiger partial charge on any atom is 0.220 e. The number of nitrogens with one attached hydrogen (secondary N) is 1. The van der Waals surface area contributed by atoms with Crippen molar-refractivity contribution in [1.29, 1.82) is 0 Å². The zero-order valence-electron chi connectivity index (χ0n) is 47.3. The van der Waals surface area contributed by atoms with Crippen LogP contribution in [-0.4, -0.2) is 140 Å². The summed E-state index contributed by atoms with van der Waals surface area (Å²) < 4.78 is 22.7. The molecule has 0 aliphatic carbocycles. The summed E-state index contributed by atoms with van der Waals surface area (Å²) in [4.78, 5) is 13.2. The van der Waals surface area contributed by atoms with Crippen LogP contribution in [0.5, 0.6) is 0 Å². The number of rotatable bonds is 49. The highest BCUT2D eigenvalue weighted by molar-refractivity contribution is 5.76. The third kappa shape index (κ3) is 32.8. The average Bonchev–Trinajstić information content (AvgIpc) is 3.41. The molecule has 9 N–H and O–H groups in total. The summed E-state index contributed by atoms with van der Waals surface area (Å²) in [5.41, 5.74) is 0. The molecule has 0 aromatic carbocycles. The van der Waals surface area contributed by atoms with Crippen LogP contribution in [0, 0.1) is 0 Å². The molecule has 14 heteroatoms. The van der Waals surface area contributed by atoms with E-state index >= 15 is 0 Å². The third-order valence-electron chi connectivity index (χ3n) is 15.1. The van der Waals surface area contributed by atoms with Crippen molar-refractivity contribution < 1.29 is 64.6 Å². The topological polar surface area (TPSA) is 228 Å². The highest BCUT2D eigenvalue weighted by atomic mass is 16.7. The molecule has 12 unspecified atom stereocenters. The number of amides is 1. The van der Waals surface area contributed by atoms with Gasteiger partial charge in [0, 0.05) is 6.42 Å². The fourth-order valence-corrected chi connectivity index (χ4v) is 10.1. The zero-order valence-corrected chi connectivity index (χ0v) is 47.3. The molecule has 75 heavy (non-hydrogen) atoms. The first-order chi connectivity index (χ1) is 36.6. The van der Waals surface area contributed by atoms with E-state index in [1.165, 1.54) is 173 Å². The maximum absolute atomic E-state index is 13.2. The second kappa shape index (κ2) is 47.1. The largest absolute Gasteiger partial charge is 0.394 e. The number of aliphatic hydroxyl groups excluding tert-OH is 8. The van der Waals surface area contributed by atoms with Crippen LogP contribution in [0.2, 0.25) is 0 Å². The first kappa shape index (κ1) is 69.3. The summed E-state index contributed by atoms with van der Waals surface area (Å²) in [6.45, 7) is 2.77. The van der Waals surface area contributed by atoms with Crippen LogP contribution in [0.25, 0.3) is 0 Å². The van der Waals surface area contributed by atoms with Gasteiger partial charge in [-0.05, 0) is 44.9 Å². The van der Waals surface area contributed by atoms with Gasteiger partial charge in [-0.2, -0.15) is 0 Å². The Kier molecular flexibility index (Phi) is 43.5. The Balaban J connectivity index is 1.70. The Morgan fingerprint density at radius 1 is 0.467 bits per heavy atom. The van der Waals surface area contributed by atoms with Gasteiger partial charge in [-0.1, -0.05) is 237 Å². The molecule has 0 radical (unpaired) electrons. The predicted molar refractivity (Wildman–Crippen MR) is 300 cm³/mol. The second-order valence-corrected chi connectivity index (χ2v) is 21.8. The van der Waals surface area contributed by atoms with E-state index in [4.69, 9.17) is 18.9 Å². The summed E-state index contributed by atoms with van der Waals surface area (Å²) >= 11 is 0. The molecule has 1 amide bonds. The molecular formula is C61H113NO13. The van der Waals surface area contributed by atoms with E-state index in [1.54, 1.807) is 6.08 Å². The van der Waals surface area contributed by atoms with Crippen LogP contribution < -0.4 is 5.32 Å². The van der Waals surface area contributed by atoms with Gasteiger partial charge in [-0.25, -0.2) is 0 Å². The van der Waals surface area contributed by atoms with Crippen molar-refractivity contribution in [2.75, 3.05) is 19.8 Å². The summed E-state index contributed by atoms with van der Waals surface area (Å²) in [5.74, 6) is -0.254. The molecule has 2 saturated heterocycles. The van der Waals surface area contributed by atoms with Crippen molar-refractivity contribution in [2.24, 2.45) is 0 Å². The Morgan fingerprint density at radius 2 is 0.853 bits per heavy atom. The van der Waals surface area contributed by atoms with Crippen molar-refractivity contribution in [2.45, 2.75) is 325 Å². The summed E-state index contributed by atoms with van der Waals surface area (Å²) in [5, 5.41) is 86.9. The number of hydrogen-bond acceptors (Lipinski definition) is 13. The van der Waals surface area contributed by atoms with Crippen LogP contribution in [0.4, 0.5) is 0 Å². The molecule has 2 heterocycles. The Labute approximate surface area is 455 Å². The predicted octanol–water partition coefficient (Wildman–Crippen LogP) is 10.6. The van der Waals surface area contributed by atoms with E-state index in [0.717, 1.165) is 44.9 Å². The van der Waals surface area contributed by atoms with Crippen molar-refractivity contribution in [3.05, 3.63) is 36.5 Å². The highest BCUT2D eigenvalue weighted by Crippen LogP contribution is 2.30. The van der Waals surface area contributed by atoms with E-state index in [9.17, 15) is 45.6 Å². The molecule has 0 spiro atoms. The first-order valence-corrected chi connectivity index (χ1v) is 30.7. The number of allylic oxidation sites excluding steroid dienone is 5. The van der Waals surface area contributed by atoms with Crippen LogP contribution in [0.3, 0.4) is 0 Å². The summed E-state index contributed by atoms with van der Waals surface area (Å²) in [6.07, 6.45) is 40.8. The number of aliphatic hydroxyl groups is 8. The van der Waals surface area contributed by atoms with E-state index in [2.05, 4.69) is 43.5 Å². The smallest absolute Gasteiger partial charge is 0.220 e. The maximum atomic E-state index is 13.2. The van der Waals surface area contributed by atoms with Crippen molar-refractivity contribution in [3.8, 4) is 0 Å². The molecule has 2 aliphatic heterocycles. The minimum absolute atomic E-state index is 0.254. The minimum atomic E-state index is -1.79. The number of ether oxygens (including phenoxy) is 4. The van der Waals surface area contributed by atoms with Crippen molar-refractivity contribution in [3.63, 3.8) is 0 Å². The van der Waals surface area contributed by atoms with E-state index in [0.29, 0.717) is 12.8 Å². The lowest BCUT2D eigenvalue weighted by atomic mass is 9.97. The van der Waals surface area contributed by atoms with Crippen LogP contribution in [-0.2, 0) is 23.7 Å². The lowest BCUT2D eigenvalue weighted by Crippen LogP contribution is -2.65. The molecular weight excluding hydrogens is 955 g/mol.